The molecule has 0 aliphatic carbocycles. The number of hydrogen-bond donors (Lipinski definition) is 3. The minimum Gasteiger partial charge on any atom is -0.384 e. The number of carbonyl (C=O) groups is 2. The largest absolute Gasteiger partial charge is 0.384 e. The van der Waals surface area contributed by atoms with Gasteiger partial charge in [0.15, 0.2) is 0 Å². The highest BCUT2D eigenvalue weighted by Crippen LogP contribution is 1.99. The van der Waals surface area contributed by atoms with Crippen molar-refractivity contribution in [3.05, 3.63) is 23.7 Å². The van der Waals surface area contributed by atoms with Crippen LogP contribution < -0.4 is 16.0 Å². The van der Waals surface area contributed by atoms with Crippen molar-refractivity contribution in [1.29, 1.82) is 0 Å². The molecule has 12 heavy (non-hydrogen) atoms. The Morgan fingerprint density at radius 1 is 1.33 bits per heavy atom. The van der Waals surface area contributed by atoms with Gasteiger partial charge in [-0.15, -0.1) is 0 Å². The maximum Gasteiger partial charge on any atom is 0.211 e. The first kappa shape index (κ1) is 8.32. The van der Waals surface area contributed by atoms with Crippen LogP contribution in [0.4, 0.5) is 0 Å². The van der Waals surface area contributed by atoms with E-state index in [0.717, 1.165) is 5.70 Å². The molecule has 0 aromatic rings. The van der Waals surface area contributed by atoms with E-state index in [9.17, 15) is 9.59 Å². The Hall–Kier alpha value is -1.78. The third kappa shape index (κ3) is 2.12. The molecule has 1 aliphatic rings. The molecule has 2 amide bonds. The van der Waals surface area contributed by atoms with Gasteiger partial charge in [0.1, 0.15) is 0 Å². The second kappa shape index (κ2) is 4.17. The summed E-state index contributed by atoms with van der Waals surface area (Å²) in [5.74, 6) is 0. The number of nitrogens with one attached hydrogen (secondary N) is 3. The predicted octanol–water partition coefficient (Wildman–Crippen LogP) is -1.19. The molecule has 0 spiro atoms. The number of allylic oxidation sites excluding steroid dienone is 1. The van der Waals surface area contributed by atoms with Crippen LogP contribution in [-0.2, 0) is 9.59 Å². The van der Waals surface area contributed by atoms with Crippen LogP contribution in [0.2, 0.25) is 0 Å². The van der Waals surface area contributed by atoms with E-state index < -0.39 is 0 Å². The minimum absolute atomic E-state index is 0.558. The number of carbonyl (C=O) groups excluding carboxylic acids is 2. The van der Waals surface area contributed by atoms with Crippen LogP contribution in [0.5, 0.6) is 0 Å². The van der Waals surface area contributed by atoms with Gasteiger partial charge in [-0.2, -0.15) is 0 Å². The summed E-state index contributed by atoms with van der Waals surface area (Å²) in [5.41, 5.74) is 1.34. The first-order chi connectivity index (χ1) is 5.86. The first-order valence-electron chi connectivity index (χ1n) is 3.41. The van der Waals surface area contributed by atoms with Gasteiger partial charge in [0, 0.05) is 11.9 Å². The fourth-order valence-corrected chi connectivity index (χ4v) is 0.871. The van der Waals surface area contributed by atoms with E-state index in [1.54, 1.807) is 12.3 Å². The molecule has 64 valence electrons. The van der Waals surface area contributed by atoms with Gasteiger partial charge in [-0.3, -0.25) is 9.59 Å². The zero-order valence-electron chi connectivity index (χ0n) is 6.33. The Bertz CT molecular complexity index is 245. The lowest BCUT2D eigenvalue weighted by molar-refractivity contribution is -0.109. The summed E-state index contributed by atoms with van der Waals surface area (Å²) in [5, 5.41) is 7.83. The maximum absolute atomic E-state index is 10.0. The Labute approximate surface area is 69.5 Å². The highest BCUT2D eigenvalue weighted by atomic mass is 16.1. The normalized spacial score (nSPS) is 15.0. The summed E-state index contributed by atoms with van der Waals surface area (Å²) in [6, 6.07) is 0. The SMILES string of the molecule is O=CNC1=CNCC(NC=O)=C1. The van der Waals surface area contributed by atoms with Gasteiger partial charge < -0.3 is 16.0 Å². The summed E-state index contributed by atoms with van der Waals surface area (Å²) in [6.07, 6.45) is 4.51. The summed E-state index contributed by atoms with van der Waals surface area (Å²) < 4.78 is 0. The number of hydrogen-bond acceptors (Lipinski definition) is 3. The molecule has 0 saturated carbocycles. The van der Waals surface area contributed by atoms with Crippen LogP contribution in [0, 0.1) is 0 Å². The van der Waals surface area contributed by atoms with E-state index in [2.05, 4.69) is 16.0 Å². The van der Waals surface area contributed by atoms with Crippen molar-refractivity contribution in [3.8, 4) is 0 Å². The smallest absolute Gasteiger partial charge is 0.211 e. The summed E-state index contributed by atoms with van der Waals surface area (Å²) in [7, 11) is 0. The lowest BCUT2D eigenvalue weighted by Gasteiger charge is -2.13. The Morgan fingerprint density at radius 2 is 2.08 bits per heavy atom. The molecule has 0 bridgehead atoms. The molecule has 0 radical (unpaired) electrons. The molecule has 0 aromatic heterocycles. The van der Waals surface area contributed by atoms with Gasteiger partial charge in [0.25, 0.3) is 0 Å². The monoisotopic (exact) mass is 167 g/mol. The maximum atomic E-state index is 10.0. The first-order valence-corrected chi connectivity index (χ1v) is 3.41. The van der Waals surface area contributed by atoms with E-state index in [-0.39, 0.29) is 0 Å². The van der Waals surface area contributed by atoms with Crippen molar-refractivity contribution in [1.82, 2.24) is 16.0 Å². The van der Waals surface area contributed by atoms with Gasteiger partial charge in [0.2, 0.25) is 12.8 Å². The van der Waals surface area contributed by atoms with Crippen molar-refractivity contribution in [2.24, 2.45) is 0 Å². The van der Waals surface area contributed by atoms with Crippen molar-refractivity contribution in [2.75, 3.05) is 6.54 Å². The van der Waals surface area contributed by atoms with E-state index in [1.807, 2.05) is 0 Å². The molecule has 1 heterocycles. The summed E-state index contributed by atoms with van der Waals surface area (Å²) in [4.78, 5) is 20.1. The third-order valence-electron chi connectivity index (χ3n) is 1.35. The van der Waals surface area contributed by atoms with Crippen molar-refractivity contribution < 1.29 is 9.59 Å². The summed E-state index contributed by atoms with van der Waals surface area (Å²) in [6.45, 7) is 0.558. The zero-order chi connectivity index (χ0) is 8.81. The molecule has 1 rings (SSSR count). The standard InChI is InChI=1S/C7H9N3O2/c11-4-9-6-1-7(10-5-12)3-8-2-6/h1-2,4-5,8H,3H2,(H,9,11)(H,10,12). The Morgan fingerprint density at radius 3 is 2.75 bits per heavy atom. The molecular formula is C7H9N3O2. The second-order valence-electron chi connectivity index (χ2n) is 2.17. The number of amides is 2. The van der Waals surface area contributed by atoms with Crippen LogP contribution >= 0.6 is 0 Å². The van der Waals surface area contributed by atoms with Crippen LogP contribution in [-0.4, -0.2) is 19.4 Å². The molecule has 5 heteroatoms. The van der Waals surface area contributed by atoms with Crippen molar-refractivity contribution >= 4 is 12.8 Å². The molecule has 5 nitrogen and oxygen atoms in total. The van der Waals surface area contributed by atoms with Crippen LogP contribution in [0.3, 0.4) is 0 Å². The lowest BCUT2D eigenvalue weighted by Crippen LogP contribution is -2.27. The van der Waals surface area contributed by atoms with Crippen LogP contribution in [0.1, 0.15) is 0 Å². The topological polar surface area (TPSA) is 70.2 Å². The van der Waals surface area contributed by atoms with Gasteiger partial charge >= 0.3 is 0 Å². The minimum atomic E-state index is 0.558. The molecular weight excluding hydrogens is 158 g/mol. The van der Waals surface area contributed by atoms with Gasteiger partial charge in [-0.25, -0.2) is 0 Å². The molecule has 0 atom stereocenters. The summed E-state index contributed by atoms with van der Waals surface area (Å²) >= 11 is 0. The Balaban J connectivity index is 2.59. The van der Waals surface area contributed by atoms with Crippen molar-refractivity contribution in [2.45, 2.75) is 0 Å². The highest BCUT2D eigenvalue weighted by molar-refractivity contribution is 5.55. The average molecular weight is 167 g/mol. The fraction of sp³-hybridized carbons (Fsp3) is 0.143. The third-order valence-corrected chi connectivity index (χ3v) is 1.35. The Kier molecular flexibility index (Phi) is 2.89. The van der Waals surface area contributed by atoms with Gasteiger partial charge in [-0.05, 0) is 6.08 Å². The van der Waals surface area contributed by atoms with Crippen LogP contribution in [0.15, 0.2) is 23.7 Å². The predicted molar refractivity (Wildman–Crippen MR) is 42.6 cm³/mol. The second-order valence-corrected chi connectivity index (χ2v) is 2.17. The lowest BCUT2D eigenvalue weighted by atomic mass is 10.3. The number of rotatable bonds is 4. The molecule has 0 unspecified atom stereocenters. The van der Waals surface area contributed by atoms with E-state index in [1.165, 1.54) is 0 Å². The molecule has 1 aliphatic heterocycles. The molecule has 0 aromatic carbocycles. The molecule has 0 fully saturated rings. The quantitative estimate of drug-likeness (QED) is 0.461. The zero-order valence-corrected chi connectivity index (χ0v) is 6.33. The average Bonchev–Trinajstić information content (AvgIpc) is 2.06. The van der Waals surface area contributed by atoms with E-state index >= 15 is 0 Å². The molecule has 3 N–H and O–H groups in total. The van der Waals surface area contributed by atoms with E-state index in [0.29, 0.717) is 25.1 Å². The van der Waals surface area contributed by atoms with Gasteiger partial charge in [-0.1, -0.05) is 0 Å². The number of dihydropyridines is 1. The molecule has 0 saturated heterocycles. The fourth-order valence-electron chi connectivity index (χ4n) is 0.871. The van der Waals surface area contributed by atoms with Crippen molar-refractivity contribution in [3.63, 3.8) is 0 Å². The van der Waals surface area contributed by atoms with Gasteiger partial charge in [0.05, 0.1) is 12.2 Å². The highest BCUT2D eigenvalue weighted by Gasteiger charge is 2.02. The van der Waals surface area contributed by atoms with Crippen LogP contribution in [0.25, 0.3) is 0 Å². The van der Waals surface area contributed by atoms with E-state index in [4.69, 9.17) is 0 Å².